The van der Waals surface area contributed by atoms with E-state index in [1.54, 1.807) is 6.92 Å². The minimum Gasteiger partial charge on any atom is -0.468 e. The highest BCUT2D eigenvalue weighted by Crippen LogP contribution is 2.18. The summed E-state index contributed by atoms with van der Waals surface area (Å²) in [6.45, 7) is 5.14. The zero-order valence-electron chi connectivity index (χ0n) is 10.5. The zero-order valence-corrected chi connectivity index (χ0v) is 10.5. The van der Waals surface area contributed by atoms with Gasteiger partial charge in [0.15, 0.2) is 0 Å². The van der Waals surface area contributed by atoms with Crippen LogP contribution < -0.4 is 4.90 Å². The van der Waals surface area contributed by atoms with Crippen molar-refractivity contribution >= 4 is 12.2 Å². The molecule has 3 nitrogen and oxygen atoms in total. The maximum absolute atomic E-state index is 9.18. The van der Waals surface area contributed by atoms with E-state index in [1.165, 1.54) is 38.0 Å². The van der Waals surface area contributed by atoms with Gasteiger partial charge in [-0.1, -0.05) is 18.2 Å². The summed E-state index contributed by atoms with van der Waals surface area (Å²) in [7, 11) is 0. The van der Waals surface area contributed by atoms with E-state index >= 15 is 0 Å². The molecule has 0 aromatic heterocycles. The van der Waals surface area contributed by atoms with Crippen LogP contribution in [0, 0.1) is 0 Å². The second-order valence-corrected chi connectivity index (χ2v) is 3.93. The summed E-state index contributed by atoms with van der Waals surface area (Å²) in [6.07, 6.45) is 4.12. The lowest BCUT2D eigenvalue weighted by Crippen LogP contribution is -2.29. The van der Waals surface area contributed by atoms with Gasteiger partial charge in [-0.25, -0.2) is 0 Å². The molecule has 1 aromatic carbocycles. The molecule has 1 aromatic rings. The van der Waals surface area contributed by atoms with Gasteiger partial charge >= 0.3 is 0 Å². The fourth-order valence-electron chi connectivity index (χ4n) is 1.86. The SMILES string of the molecule is CCOC=O.c1ccc(N2CCCCC2)cc1. The lowest BCUT2D eigenvalue weighted by atomic mass is 10.1. The molecule has 0 bridgehead atoms. The van der Waals surface area contributed by atoms with Crippen molar-refractivity contribution in [1.82, 2.24) is 0 Å². The highest BCUT2D eigenvalue weighted by atomic mass is 16.5. The first-order valence-corrected chi connectivity index (χ1v) is 6.23. The Bertz CT molecular complexity index is 294. The van der Waals surface area contributed by atoms with E-state index in [4.69, 9.17) is 0 Å². The van der Waals surface area contributed by atoms with E-state index < -0.39 is 0 Å². The average Bonchev–Trinajstić information content (AvgIpc) is 2.42. The smallest absolute Gasteiger partial charge is 0.293 e. The van der Waals surface area contributed by atoms with Gasteiger partial charge in [-0.05, 0) is 38.3 Å². The van der Waals surface area contributed by atoms with Gasteiger partial charge in [0.1, 0.15) is 0 Å². The Morgan fingerprint density at radius 2 is 1.82 bits per heavy atom. The summed E-state index contributed by atoms with van der Waals surface area (Å²) in [6, 6.07) is 10.7. The number of para-hydroxylation sites is 1. The van der Waals surface area contributed by atoms with Crippen molar-refractivity contribution in [3.8, 4) is 0 Å². The molecule has 17 heavy (non-hydrogen) atoms. The van der Waals surface area contributed by atoms with Crippen molar-refractivity contribution in [3.63, 3.8) is 0 Å². The molecule has 0 aliphatic carbocycles. The molecule has 1 fully saturated rings. The first-order valence-electron chi connectivity index (χ1n) is 6.23. The third-order valence-electron chi connectivity index (χ3n) is 2.71. The molecule has 0 radical (unpaired) electrons. The van der Waals surface area contributed by atoms with Gasteiger partial charge in [-0.3, -0.25) is 4.79 Å². The Kier molecular flexibility index (Phi) is 6.87. The lowest BCUT2D eigenvalue weighted by molar-refractivity contribution is -0.128. The van der Waals surface area contributed by atoms with Crippen molar-refractivity contribution in [1.29, 1.82) is 0 Å². The number of anilines is 1. The Hall–Kier alpha value is -1.51. The van der Waals surface area contributed by atoms with E-state index in [0.29, 0.717) is 13.1 Å². The maximum Gasteiger partial charge on any atom is 0.293 e. The highest BCUT2D eigenvalue weighted by molar-refractivity contribution is 5.46. The topological polar surface area (TPSA) is 29.5 Å². The summed E-state index contributed by atoms with van der Waals surface area (Å²) in [5.41, 5.74) is 1.39. The molecule has 1 saturated heterocycles. The van der Waals surface area contributed by atoms with Crippen LogP contribution >= 0.6 is 0 Å². The van der Waals surface area contributed by atoms with Crippen LogP contribution in [0.3, 0.4) is 0 Å². The van der Waals surface area contributed by atoms with Crippen LogP contribution in [0.4, 0.5) is 5.69 Å². The molecule has 94 valence electrons. The van der Waals surface area contributed by atoms with Crippen molar-refractivity contribution in [3.05, 3.63) is 30.3 Å². The Morgan fingerprint density at radius 3 is 2.29 bits per heavy atom. The fraction of sp³-hybridized carbons (Fsp3) is 0.500. The normalized spacial score (nSPS) is 14.5. The molecule has 2 rings (SSSR count). The molecule has 1 heterocycles. The first-order chi connectivity index (χ1) is 8.38. The third-order valence-corrected chi connectivity index (χ3v) is 2.71. The van der Waals surface area contributed by atoms with Gasteiger partial charge in [0.25, 0.3) is 6.47 Å². The first kappa shape index (κ1) is 13.6. The monoisotopic (exact) mass is 235 g/mol. The Morgan fingerprint density at radius 1 is 1.18 bits per heavy atom. The molecule has 1 aliphatic rings. The summed E-state index contributed by atoms with van der Waals surface area (Å²) in [4.78, 5) is 11.7. The van der Waals surface area contributed by atoms with Gasteiger partial charge in [0.2, 0.25) is 0 Å². The zero-order chi connectivity index (χ0) is 12.3. The minimum absolute atomic E-state index is 0.431. The number of carbonyl (C=O) groups is 1. The van der Waals surface area contributed by atoms with Crippen molar-refractivity contribution in [2.24, 2.45) is 0 Å². The number of rotatable bonds is 3. The van der Waals surface area contributed by atoms with Gasteiger partial charge in [0.05, 0.1) is 6.61 Å². The molecular formula is C14H21NO2. The second kappa shape index (κ2) is 8.62. The van der Waals surface area contributed by atoms with Crippen LogP contribution in [-0.4, -0.2) is 26.2 Å². The molecule has 0 atom stereocenters. The summed E-state index contributed by atoms with van der Waals surface area (Å²) in [5.74, 6) is 0. The van der Waals surface area contributed by atoms with E-state index in [9.17, 15) is 4.79 Å². The number of hydrogen-bond acceptors (Lipinski definition) is 3. The van der Waals surface area contributed by atoms with Crippen molar-refractivity contribution in [2.75, 3.05) is 24.6 Å². The average molecular weight is 235 g/mol. The predicted molar refractivity (Wildman–Crippen MR) is 70.2 cm³/mol. The van der Waals surface area contributed by atoms with Crippen LogP contribution in [-0.2, 0) is 9.53 Å². The Labute approximate surface area is 103 Å². The predicted octanol–water partition coefficient (Wildman–Crippen LogP) is 2.86. The van der Waals surface area contributed by atoms with E-state index in [1.807, 2.05) is 0 Å². The Balaban J connectivity index is 0.000000249. The molecule has 0 unspecified atom stereocenters. The molecular weight excluding hydrogens is 214 g/mol. The maximum atomic E-state index is 9.18. The number of piperidine rings is 1. The van der Waals surface area contributed by atoms with E-state index in [0.717, 1.165) is 0 Å². The van der Waals surface area contributed by atoms with Crippen LogP contribution in [0.5, 0.6) is 0 Å². The van der Waals surface area contributed by atoms with E-state index in [-0.39, 0.29) is 0 Å². The number of hydrogen-bond donors (Lipinski definition) is 0. The second-order valence-electron chi connectivity index (χ2n) is 3.93. The quantitative estimate of drug-likeness (QED) is 0.754. The molecule has 0 saturated carbocycles. The molecule has 0 amide bonds. The summed E-state index contributed by atoms with van der Waals surface area (Å²) < 4.78 is 4.15. The minimum atomic E-state index is 0.431. The van der Waals surface area contributed by atoms with Crippen LogP contribution in [0.25, 0.3) is 0 Å². The standard InChI is InChI=1S/C11H15N.C3H6O2/c1-3-7-11(8-4-1)12-9-5-2-6-10-12;1-2-5-3-4/h1,3-4,7-8H,2,5-6,9-10H2;3H,2H2,1H3. The van der Waals surface area contributed by atoms with Crippen molar-refractivity contribution in [2.45, 2.75) is 26.2 Å². The van der Waals surface area contributed by atoms with Crippen LogP contribution in [0.15, 0.2) is 30.3 Å². The molecule has 3 heteroatoms. The lowest BCUT2D eigenvalue weighted by Gasteiger charge is -2.28. The van der Waals surface area contributed by atoms with Crippen molar-refractivity contribution < 1.29 is 9.53 Å². The highest BCUT2D eigenvalue weighted by Gasteiger charge is 2.09. The van der Waals surface area contributed by atoms with Crippen LogP contribution in [0.2, 0.25) is 0 Å². The van der Waals surface area contributed by atoms with Gasteiger partial charge in [-0.15, -0.1) is 0 Å². The third kappa shape index (κ3) is 5.38. The number of carbonyl (C=O) groups excluding carboxylic acids is 1. The van der Waals surface area contributed by atoms with Gasteiger partial charge in [0, 0.05) is 18.8 Å². The largest absolute Gasteiger partial charge is 0.468 e. The van der Waals surface area contributed by atoms with Crippen LogP contribution in [0.1, 0.15) is 26.2 Å². The number of benzene rings is 1. The van der Waals surface area contributed by atoms with Gasteiger partial charge in [-0.2, -0.15) is 0 Å². The number of nitrogens with zero attached hydrogens (tertiary/aromatic N) is 1. The molecule has 1 aliphatic heterocycles. The summed E-state index contributed by atoms with van der Waals surface area (Å²) >= 11 is 0. The van der Waals surface area contributed by atoms with E-state index in [2.05, 4.69) is 40.0 Å². The van der Waals surface area contributed by atoms with Gasteiger partial charge < -0.3 is 9.64 Å². The number of ether oxygens (including phenoxy) is 1. The fourth-order valence-corrected chi connectivity index (χ4v) is 1.86. The molecule has 0 spiro atoms. The molecule has 0 N–H and O–H groups in total. The summed E-state index contributed by atoms with van der Waals surface area (Å²) in [5, 5.41) is 0.